The molecule has 0 saturated carbocycles. The number of aromatic hydroxyl groups is 1. The van der Waals surface area contributed by atoms with E-state index in [2.05, 4.69) is 5.10 Å². The molecule has 3 nitrogen and oxygen atoms in total. The molecule has 0 amide bonds. The van der Waals surface area contributed by atoms with Gasteiger partial charge in [-0.1, -0.05) is 29.8 Å². The highest BCUT2D eigenvalue weighted by molar-refractivity contribution is 5.68. The average Bonchev–Trinajstić information content (AvgIpc) is 2.60. The first kappa shape index (κ1) is 9.77. The Bertz CT molecular complexity index is 474. The minimum Gasteiger partial charge on any atom is -0.492 e. The molecule has 1 heterocycles. The minimum absolute atomic E-state index is 0.0995. The van der Waals surface area contributed by atoms with Crippen molar-refractivity contribution in [1.82, 2.24) is 9.78 Å². The maximum Gasteiger partial charge on any atom is 0.238 e. The zero-order chi connectivity index (χ0) is 10.8. The zero-order valence-electron chi connectivity index (χ0n) is 8.94. The van der Waals surface area contributed by atoms with Crippen LogP contribution in [0.25, 0.3) is 11.1 Å². The number of hydrogen-bond donors (Lipinski definition) is 1. The van der Waals surface area contributed by atoms with Crippen molar-refractivity contribution in [3.63, 3.8) is 0 Å². The van der Waals surface area contributed by atoms with Gasteiger partial charge in [0.05, 0.1) is 5.56 Å². The summed E-state index contributed by atoms with van der Waals surface area (Å²) < 4.78 is 1.73. The average molecular weight is 202 g/mol. The van der Waals surface area contributed by atoms with Gasteiger partial charge in [-0.3, -0.25) is 4.68 Å². The van der Waals surface area contributed by atoms with Gasteiger partial charge < -0.3 is 5.11 Å². The van der Waals surface area contributed by atoms with Crippen molar-refractivity contribution in [2.75, 3.05) is 0 Å². The number of aromatic nitrogens is 2. The van der Waals surface area contributed by atoms with Crippen LogP contribution in [0.3, 0.4) is 0 Å². The van der Waals surface area contributed by atoms with Crippen molar-refractivity contribution in [2.45, 2.75) is 20.4 Å². The number of hydrogen-bond acceptors (Lipinski definition) is 2. The second-order valence-electron chi connectivity index (χ2n) is 3.59. The van der Waals surface area contributed by atoms with E-state index in [1.807, 2.05) is 44.3 Å². The van der Waals surface area contributed by atoms with Gasteiger partial charge in [-0.05, 0) is 19.4 Å². The number of rotatable bonds is 2. The molecule has 0 radical (unpaired) electrons. The van der Waals surface area contributed by atoms with Crippen molar-refractivity contribution >= 4 is 0 Å². The van der Waals surface area contributed by atoms with Gasteiger partial charge in [-0.2, -0.15) is 0 Å². The molecule has 78 valence electrons. The molecular weight excluding hydrogens is 188 g/mol. The second kappa shape index (κ2) is 3.77. The normalized spacial score (nSPS) is 10.5. The predicted octanol–water partition coefficient (Wildman–Crippen LogP) is 2.58. The molecule has 0 saturated heterocycles. The van der Waals surface area contributed by atoms with Crippen LogP contribution in [0.15, 0.2) is 30.5 Å². The van der Waals surface area contributed by atoms with Crippen LogP contribution < -0.4 is 0 Å². The van der Waals surface area contributed by atoms with Crippen LogP contribution in [0.2, 0.25) is 0 Å². The zero-order valence-corrected chi connectivity index (χ0v) is 8.94. The third kappa shape index (κ3) is 1.86. The van der Waals surface area contributed by atoms with E-state index < -0.39 is 0 Å². The molecule has 2 aromatic rings. The molecule has 0 fully saturated rings. The largest absolute Gasteiger partial charge is 0.492 e. The molecule has 0 spiro atoms. The first-order valence-corrected chi connectivity index (χ1v) is 5.04. The number of nitrogens with zero attached hydrogens (tertiary/aromatic N) is 2. The summed E-state index contributed by atoms with van der Waals surface area (Å²) >= 11 is 0. The van der Waals surface area contributed by atoms with Crippen molar-refractivity contribution in [1.29, 1.82) is 0 Å². The summed E-state index contributed by atoms with van der Waals surface area (Å²) in [6.45, 7) is 4.79. The van der Waals surface area contributed by atoms with Gasteiger partial charge in [0.1, 0.15) is 0 Å². The van der Waals surface area contributed by atoms with Crippen LogP contribution in [-0.2, 0) is 6.54 Å². The molecule has 0 aliphatic heterocycles. The summed E-state index contributed by atoms with van der Waals surface area (Å²) in [5.74, 6) is 0.0995. The van der Waals surface area contributed by atoms with Crippen LogP contribution in [0.4, 0.5) is 0 Å². The Morgan fingerprint density at radius 2 is 2.20 bits per heavy atom. The molecule has 0 unspecified atom stereocenters. The highest BCUT2D eigenvalue weighted by atomic mass is 16.3. The third-order valence-corrected chi connectivity index (χ3v) is 2.40. The Kier molecular flexibility index (Phi) is 2.46. The Morgan fingerprint density at radius 3 is 2.80 bits per heavy atom. The highest BCUT2D eigenvalue weighted by Gasteiger charge is 2.08. The topological polar surface area (TPSA) is 38.0 Å². The van der Waals surface area contributed by atoms with Gasteiger partial charge in [-0.15, -0.1) is 5.10 Å². The van der Waals surface area contributed by atoms with Crippen LogP contribution in [0.5, 0.6) is 5.88 Å². The molecule has 0 atom stereocenters. The van der Waals surface area contributed by atoms with Crippen LogP contribution in [0, 0.1) is 6.92 Å². The van der Waals surface area contributed by atoms with Crippen LogP contribution in [0.1, 0.15) is 12.5 Å². The van der Waals surface area contributed by atoms with Crippen molar-refractivity contribution in [2.24, 2.45) is 0 Å². The van der Waals surface area contributed by atoms with Gasteiger partial charge >= 0.3 is 0 Å². The lowest BCUT2D eigenvalue weighted by Gasteiger charge is -1.98. The SMILES string of the molecule is CCn1cc(-c2cccc(C)c2)c(O)n1. The van der Waals surface area contributed by atoms with Crippen LogP contribution in [-0.4, -0.2) is 14.9 Å². The van der Waals surface area contributed by atoms with E-state index in [4.69, 9.17) is 0 Å². The molecule has 0 aliphatic carbocycles. The van der Waals surface area contributed by atoms with Crippen molar-refractivity contribution < 1.29 is 5.11 Å². The van der Waals surface area contributed by atoms with E-state index in [1.54, 1.807) is 4.68 Å². The smallest absolute Gasteiger partial charge is 0.238 e. The molecule has 15 heavy (non-hydrogen) atoms. The van der Waals surface area contributed by atoms with E-state index in [9.17, 15) is 5.11 Å². The lowest BCUT2D eigenvalue weighted by Crippen LogP contribution is -1.92. The van der Waals surface area contributed by atoms with Gasteiger partial charge in [0, 0.05) is 12.7 Å². The summed E-state index contributed by atoms with van der Waals surface area (Å²) in [5.41, 5.74) is 2.98. The Morgan fingerprint density at radius 1 is 1.40 bits per heavy atom. The third-order valence-electron chi connectivity index (χ3n) is 2.40. The molecule has 0 aliphatic rings. The van der Waals surface area contributed by atoms with Crippen molar-refractivity contribution in [3.8, 4) is 17.0 Å². The van der Waals surface area contributed by atoms with E-state index in [1.165, 1.54) is 5.56 Å². The Balaban J connectivity index is 2.48. The predicted molar refractivity (Wildman–Crippen MR) is 59.7 cm³/mol. The first-order chi connectivity index (χ1) is 7.20. The summed E-state index contributed by atoms with van der Waals surface area (Å²) in [5, 5.41) is 13.7. The molecular formula is C12H14N2O. The van der Waals surface area contributed by atoms with Gasteiger partial charge in [0.25, 0.3) is 0 Å². The Labute approximate surface area is 89.0 Å². The lowest BCUT2D eigenvalue weighted by atomic mass is 10.1. The summed E-state index contributed by atoms with van der Waals surface area (Å²) in [4.78, 5) is 0. The van der Waals surface area contributed by atoms with Crippen molar-refractivity contribution in [3.05, 3.63) is 36.0 Å². The highest BCUT2D eigenvalue weighted by Crippen LogP contribution is 2.27. The fourth-order valence-corrected chi connectivity index (χ4v) is 1.59. The van der Waals surface area contributed by atoms with Crippen LogP contribution >= 0.6 is 0 Å². The summed E-state index contributed by atoms with van der Waals surface area (Å²) in [6.07, 6.45) is 1.87. The summed E-state index contributed by atoms with van der Waals surface area (Å²) in [7, 11) is 0. The van der Waals surface area contributed by atoms with Gasteiger partial charge in [-0.25, -0.2) is 0 Å². The number of benzene rings is 1. The molecule has 2 rings (SSSR count). The maximum absolute atomic E-state index is 9.67. The molecule has 0 bridgehead atoms. The van der Waals surface area contributed by atoms with E-state index >= 15 is 0 Å². The van der Waals surface area contributed by atoms with E-state index in [-0.39, 0.29) is 5.88 Å². The molecule has 3 heteroatoms. The first-order valence-electron chi connectivity index (χ1n) is 5.04. The molecule has 1 N–H and O–H groups in total. The maximum atomic E-state index is 9.67. The monoisotopic (exact) mass is 202 g/mol. The fourth-order valence-electron chi connectivity index (χ4n) is 1.59. The molecule has 1 aromatic heterocycles. The van der Waals surface area contributed by atoms with Gasteiger partial charge in [0.2, 0.25) is 5.88 Å². The van der Waals surface area contributed by atoms with Gasteiger partial charge in [0.15, 0.2) is 0 Å². The fraction of sp³-hybridized carbons (Fsp3) is 0.250. The number of aryl methyl sites for hydroxylation is 2. The Hall–Kier alpha value is -1.77. The second-order valence-corrected chi connectivity index (χ2v) is 3.59. The minimum atomic E-state index is 0.0995. The van der Waals surface area contributed by atoms with E-state index in [0.717, 1.165) is 17.7 Å². The molecule has 1 aromatic carbocycles. The summed E-state index contributed by atoms with van der Waals surface area (Å²) in [6, 6.07) is 8.03. The quantitative estimate of drug-likeness (QED) is 0.812. The van der Waals surface area contributed by atoms with E-state index in [0.29, 0.717) is 0 Å². The lowest BCUT2D eigenvalue weighted by molar-refractivity contribution is 0.441. The standard InChI is InChI=1S/C12H14N2O/c1-3-14-8-11(12(15)13-14)10-6-4-5-9(2)7-10/h4-8H,3H2,1-2H3,(H,13,15).